The molecule has 0 aliphatic carbocycles. The molecule has 0 atom stereocenters. The molecule has 0 radical (unpaired) electrons. The fraction of sp³-hybridized carbons (Fsp3) is 0.625. The monoisotopic (exact) mass is 249 g/mol. The van der Waals surface area contributed by atoms with Gasteiger partial charge in [-0.1, -0.05) is 32.0 Å². The molecule has 0 heterocycles. The van der Waals surface area contributed by atoms with Gasteiger partial charge < -0.3 is 10.1 Å². The van der Waals surface area contributed by atoms with Crippen LogP contribution in [0.3, 0.4) is 0 Å². The van der Waals surface area contributed by atoms with Gasteiger partial charge in [0.05, 0.1) is 6.61 Å². The Hall–Kier alpha value is -1.02. The predicted molar refractivity (Wildman–Crippen MR) is 78.0 cm³/mol. The normalized spacial score (nSPS) is 11.9. The first-order valence-electron chi connectivity index (χ1n) is 6.84. The summed E-state index contributed by atoms with van der Waals surface area (Å²) in [6, 6.07) is 8.28. The Morgan fingerprint density at radius 3 is 2.44 bits per heavy atom. The van der Waals surface area contributed by atoms with E-state index in [9.17, 15) is 0 Å². The summed E-state index contributed by atoms with van der Waals surface area (Å²) in [5, 5.41) is 3.50. The quantitative estimate of drug-likeness (QED) is 0.823. The maximum Gasteiger partial charge on any atom is 0.123 e. The maximum absolute atomic E-state index is 5.87. The second-order valence-electron chi connectivity index (χ2n) is 6.24. The van der Waals surface area contributed by atoms with E-state index in [1.165, 1.54) is 5.56 Å². The molecule has 102 valence electrons. The summed E-state index contributed by atoms with van der Waals surface area (Å²) in [5.74, 6) is 1.69. The van der Waals surface area contributed by atoms with Gasteiger partial charge in [0.25, 0.3) is 0 Å². The predicted octanol–water partition coefficient (Wildman–Crippen LogP) is 4.00. The zero-order chi connectivity index (χ0) is 13.6. The average Bonchev–Trinajstić information content (AvgIpc) is 2.26. The summed E-state index contributed by atoms with van der Waals surface area (Å²) in [7, 11) is 0. The van der Waals surface area contributed by atoms with Crippen LogP contribution in [0, 0.1) is 5.92 Å². The lowest BCUT2D eigenvalue weighted by Crippen LogP contribution is -2.35. The summed E-state index contributed by atoms with van der Waals surface area (Å²) in [4.78, 5) is 0. The van der Waals surface area contributed by atoms with E-state index in [4.69, 9.17) is 4.74 Å². The highest BCUT2D eigenvalue weighted by Gasteiger charge is 2.10. The number of para-hydroxylation sites is 1. The van der Waals surface area contributed by atoms with Crippen LogP contribution in [-0.2, 0) is 6.54 Å². The number of rotatable bonds is 6. The topological polar surface area (TPSA) is 21.3 Å². The Balaban J connectivity index is 2.56. The highest BCUT2D eigenvalue weighted by atomic mass is 16.5. The second kappa shape index (κ2) is 6.79. The molecule has 0 fully saturated rings. The van der Waals surface area contributed by atoms with Gasteiger partial charge in [-0.05, 0) is 39.2 Å². The highest BCUT2D eigenvalue weighted by molar-refractivity contribution is 5.33. The van der Waals surface area contributed by atoms with Crippen LogP contribution in [0.4, 0.5) is 0 Å². The smallest absolute Gasteiger partial charge is 0.123 e. The minimum atomic E-state index is 0.130. The van der Waals surface area contributed by atoms with Gasteiger partial charge in [-0.15, -0.1) is 0 Å². The van der Waals surface area contributed by atoms with E-state index >= 15 is 0 Å². The van der Waals surface area contributed by atoms with Gasteiger partial charge in [0.1, 0.15) is 5.75 Å². The fourth-order valence-electron chi connectivity index (χ4n) is 1.56. The van der Waals surface area contributed by atoms with Crippen LogP contribution in [0.1, 0.15) is 46.6 Å². The molecule has 1 N–H and O–H groups in total. The summed E-state index contributed by atoms with van der Waals surface area (Å²) >= 11 is 0. The largest absolute Gasteiger partial charge is 0.493 e. The Morgan fingerprint density at radius 1 is 1.17 bits per heavy atom. The molecular weight excluding hydrogens is 222 g/mol. The summed E-state index contributed by atoms with van der Waals surface area (Å²) in [5.41, 5.74) is 1.36. The molecule has 0 saturated carbocycles. The van der Waals surface area contributed by atoms with Crippen LogP contribution >= 0.6 is 0 Å². The van der Waals surface area contributed by atoms with Crippen molar-refractivity contribution in [1.82, 2.24) is 5.32 Å². The third kappa shape index (κ3) is 6.06. The number of nitrogens with one attached hydrogen (secondary N) is 1. The van der Waals surface area contributed by atoms with Gasteiger partial charge in [0.2, 0.25) is 0 Å². The number of ether oxygens (including phenoxy) is 1. The summed E-state index contributed by atoms with van der Waals surface area (Å²) in [6.45, 7) is 12.6. The Morgan fingerprint density at radius 2 is 1.83 bits per heavy atom. The van der Waals surface area contributed by atoms with E-state index in [1.54, 1.807) is 0 Å². The van der Waals surface area contributed by atoms with Crippen molar-refractivity contribution in [3.63, 3.8) is 0 Å². The SMILES string of the molecule is CC(C)CCOc1ccccc1CNC(C)(C)C. The third-order valence-electron chi connectivity index (χ3n) is 2.73. The van der Waals surface area contributed by atoms with Gasteiger partial charge in [-0.3, -0.25) is 0 Å². The van der Waals surface area contributed by atoms with E-state index in [0.29, 0.717) is 5.92 Å². The van der Waals surface area contributed by atoms with Crippen LogP contribution in [0.15, 0.2) is 24.3 Å². The first-order chi connectivity index (χ1) is 8.38. The second-order valence-corrected chi connectivity index (χ2v) is 6.24. The van der Waals surface area contributed by atoms with E-state index in [0.717, 1.165) is 25.3 Å². The Bertz CT molecular complexity index is 352. The minimum Gasteiger partial charge on any atom is -0.493 e. The lowest BCUT2D eigenvalue weighted by atomic mass is 10.1. The summed E-state index contributed by atoms with van der Waals surface area (Å²) < 4.78 is 5.87. The van der Waals surface area contributed by atoms with Crippen LogP contribution in [0.2, 0.25) is 0 Å². The van der Waals surface area contributed by atoms with Gasteiger partial charge in [-0.2, -0.15) is 0 Å². The molecule has 1 rings (SSSR count). The van der Waals surface area contributed by atoms with Crippen molar-refractivity contribution in [1.29, 1.82) is 0 Å². The van der Waals surface area contributed by atoms with Crippen molar-refractivity contribution in [3.8, 4) is 5.75 Å². The lowest BCUT2D eigenvalue weighted by molar-refractivity contribution is 0.285. The first-order valence-corrected chi connectivity index (χ1v) is 6.84. The molecule has 1 aromatic rings. The van der Waals surface area contributed by atoms with Crippen LogP contribution < -0.4 is 10.1 Å². The molecule has 1 aromatic carbocycles. The van der Waals surface area contributed by atoms with Crippen molar-refractivity contribution < 1.29 is 4.74 Å². The van der Waals surface area contributed by atoms with Crippen molar-refractivity contribution >= 4 is 0 Å². The van der Waals surface area contributed by atoms with Gasteiger partial charge in [0, 0.05) is 17.6 Å². The number of hydrogen-bond donors (Lipinski definition) is 1. The molecule has 0 spiro atoms. The molecule has 0 amide bonds. The Kier molecular flexibility index (Phi) is 5.67. The van der Waals surface area contributed by atoms with Crippen LogP contribution in [0.25, 0.3) is 0 Å². The molecule has 0 aliphatic rings. The molecule has 0 saturated heterocycles. The van der Waals surface area contributed by atoms with Crippen molar-refractivity contribution in [2.24, 2.45) is 5.92 Å². The Labute approximate surface area is 112 Å². The molecule has 2 nitrogen and oxygen atoms in total. The standard InChI is InChI=1S/C16H27NO/c1-13(2)10-11-18-15-9-7-6-8-14(15)12-17-16(3,4)5/h6-9,13,17H,10-12H2,1-5H3. The van der Waals surface area contributed by atoms with E-state index in [1.807, 2.05) is 6.07 Å². The zero-order valence-electron chi connectivity index (χ0n) is 12.4. The zero-order valence-corrected chi connectivity index (χ0v) is 12.4. The van der Waals surface area contributed by atoms with Crippen molar-refractivity contribution in [2.75, 3.05) is 6.61 Å². The first kappa shape index (κ1) is 15.0. The lowest BCUT2D eigenvalue weighted by Gasteiger charge is -2.21. The third-order valence-corrected chi connectivity index (χ3v) is 2.73. The van der Waals surface area contributed by atoms with E-state index in [-0.39, 0.29) is 5.54 Å². The molecule has 0 bridgehead atoms. The number of benzene rings is 1. The van der Waals surface area contributed by atoms with E-state index < -0.39 is 0 Å². The fourth-order valence-corrected chi connectivity index (χ4v) is 1.56. The molecule has 0 aliphatic heterocycles. The maximum atomic E-state index is 5.87. The van der Waals surface area contributed by atoms with Gasteiger partial charge in [0.15, 0.2) is 0 Å². The highest BCUT2D eigenvalue weighted by Crippen LogP contribution is 2.19. The molecule has 0 unspecified atom stereocenters. The van der Waals surface area contributed by atoms with Gasteiger partial charge >= 0.3 is 0 Å². The van der Waals surface area contributed by atoms with Gasteiger partial charge in [-0.25, -0.2) is 0 Å². The van der Waals surface area contributed by atoms with Crippen molar-refractivity contribution in [3.05, 3.63) is 29.8 Å². The molecule has 0 aromatic heterocycles. The average molecular weight is 249 g/mol. The van der Waals surface area contributed by atoms with E-state index in [2.05, 4.69) is 58.1 Å². The molecule has 2 heteroatoms. The minimum absolute atomic E-state index is 0.130. The molecule has 18 heavy (non-hydrogen) atoms. The summed E-state index contributed by atoms with van der Waals surface area (Å²) in [6.07, 6.45) is 1.10. The molecular formula is C16H27NO. The van der Waals surface area contributed by atoms with Crippen LogP contribution in [0.5, 0.6) is 5.75 Å². The number of hydrogen-bond acceptors (Lipinski definition) is 2. The van der Waals surface area contributed by atoms with Crippen LogP contribution in [-0.4, -0.2) is 12.1 Å². The van der Waals surface area contributed by atoms with Crippen molar-refractivity contribution in [2.45, 2.75) is 53.1 Å².